The molecule has 3 aromatic carbocycles. The molecule has 1 amide bonds. The predicted molar refractivity (Wildman–Crippen MR) is 153 cm³/mol. The van der Waals surface area contributed by atoms with E-state index < -0.39 is 5.91 Å². The zero-order valence-corrected chi connectivity index (χ0v) is 21.8. The fourth-order valence-corrected chi connectivity index (χ4v) is 4.85. The minimum absolute atomic E-state index is 0.0988. The molecule has 0 bridgehead atoms. The molecule has 0 radical (unpaired) electrons. The molecule has 2 aromatic heterocycles. The normalized spacial score (nSPS) is 12.9. The number of hydrogen-bond acceptors (Lipinski definition) is 5. The lowest BCUT2D eigenvalue weighted by molar-refractivity contribution is 0.102. The molecule has 8 nitrogen and oxygen atoms in total. The zero-order chi connectivity index (χ0) is 27.1. The molecule has 1 fully saturated rings. The maximum atomic E-state index is 13.2. The first-order valence-electron chi connectivity index (χ1n) is 12.9. The van der Waals surface area contributed by atoms with Gasteiger partial charge in [0, 0.05) is 23.9 Å². The van der Waals surface area contributed by atoms with Crippen molar-refractivity contribution in [3.63, 3.8) is 0 Å². The quantitative estimate of drug-likeness (QED) is 0.318. The van der Waals surface area contributed by atoms with E-state index in [0.29, 0.717) is 34.5 Å². The van der Waals surface area contributed by atoms with E-state index in [1.54, 1.807) is 37.0 Å². The van der Waals surface area contributed by atoms with Gasteiger partial charge >= 0.3 is 0 Å². The number of anilines is 2. The summed E-state index contributed by atoms with van der Waals surface area (Å²) in [5.74, 6) is 0.512. The fourth-order valence-electron chi connectivity index (χ4n) is 4.85. The summed E-state index contributed by atoms with van der Waals surface area (Å²) in [6.07, 6.45) is 4.17. The number of nitrogen functional groups attached to an aromatic ring is 1. The van der Waals surface area contributed by atoms with E-state index in [2.05, 4.69) is 28.5 Å². The Morgan fingerprint density at radius 1 is 0.974 bits per heavy atom. The fraction of sp³-hybridized carbons (Fsp3) is 0.161. The third-order valence-corrected chi connectivity index (χ3v) is 7.23. The molecule has 0 saturated heterocycles. The summed E-state index contributed by atoms with van der Waals surface area (Å²) in [6, 6.07) is 24.9. The molecular formula is C31H28N6O2. The lowest BCUT2D eigenvalue weighted by Crippen LogP contribution is -2.25. The highest BCUT2D eigenvalue weighted by Gasteiger charge is 2.24. The van der Waals surface area contributed by atoms with Gasteiger partial charge in [0.25, 0.3) is 11.5 Å². The van der Waals surface area contributed by atoms with Gasteiger partial charge in [0.05, 0.1) is 23.3 Å². The number of para-hydroxylation sites is 1. The summed E-state index contributed by atoms with van der Waals surface area (Å²) in [7, 11) is 1.76. The Morgan fingerprint density at radius 2 is 1.72 bits per heavy atom. The Labute approximate surface area is 225 Å². The molecule has 1 saturated carbocycles. The van der Waals surface area contributed by atoms with Gasteiger partial charge in [0.15, 0.2) is 0 Å². The smallest absolute Gasteiger partial charge is 0.284 e. The standard InChI is InChI=1S/C31H28N6O2/c1-19-27(31(39)37(36(19)2)25-9-4-3-5-10-25)30(38)34-24-15-13-21(14-16-24)28-29(32)33-18-26(35-28)23-8-6-7-22(17-23)20-11-12-20/h3-10,13-18,20H,11-12H2,1-2H3,(H2,32,33)(H,34,38). The van der Waals surface area contributed by atoms with Crippen molar-refractivity contribution in [2.24, 2.45) is 7.05 Å². The molecule has 0 atom stereocenters. The van der Waals surface area contributed by atoms with Crippen LogP contribution in [0.3, 0.4) is 0 Å². The van der Waals surface area contributed by atoms with E-state index >= 15 is 0 Å². The van der Waals surface area contributed by atoms with Crippen LogP contribution in [0.25, 0.3) is 28.2 Å². The number of nitrogens with two attached hydrogens (primary N) is 1. The van der Waals surface area contributed by atoms with Crippen LogP contribution in [-0.2, 0) is 7.05 Å². The van der Waals surface area contributed by atoms with Gasteiger partial charge in [-0.2, -0.15) is 0 Å². The Bertz CT molecular complexity index is 1750. The first-order valence-corrected chi connectivity index (χ1v) is 12.9. The SMILES string of the molecule is Cc1c(C(=O)Nc2ccc(-c3nc(-c4cccc(C5CC5)c4)cnc3N)cc2)c(=O)n(-c2ccccc2)n1C. The third-order valence-electron chi connectivity index (χ3n) is 7.23. The van der Waals surface area contributed by atoms with E-state index in [1.165, 1.54) is 23.1 Å². The molecule has 0 aliphatic heterocycles. The van der Waals surface area contributed by atoms with Gasteiger partial charge in [-0.3, -0.25) is 14.3 Å². The van der Waals surface area contributed by atoms with Crippen LogP contribution in [0.1, 0.15) is 40.4 Å². The number of carbonyl (C=O) groups is 1. The Morgan fingerprint density at radius 3 is 2.44 bits per heavy atom. The molecule has 1 aliphatic rings. The predicted octanol–water partition coefficient (Wildman–Crippen LogP) is 5.32. The number of aromatic nitrogens is 4. The highest BCUT2D eigenvalue weighted by atomic mass is 16.2. The maximum Gasteiger partial charge on any atom is 0.284 e. The van der Waals surface area contributed by atoms with Crippen LogP contribution in [0, 0.1) is 6.92 Å². The lowest BCUT2D eigenvalue weighted by Gasteiger charge is -2.10. The molecular weight excluding hydrogens is 488 g/mol. The second-order valence-corrected chi connectivity index (χ2v) is 9.86. The van der Waals surface area contributed by atoms with E-state index in [1.807, 2.05) is 48.5 Å². The monoisotopic (exact) mass is 516 g/mol. The summed E-state index contributed by atoms with van der Waals surface area (Å²) in [5, 5.41) is 2.85. The minimum Gasteiger partial charge on any atom is -0.382 e. The summed E-state index contributed by atoms with van der Waals surface area (Å²) in [5.41, 5.74) is 12.2. The third kappa shape index (κ3) is 4.61. The molecule has 3 N–H and O–H groups in total. The number of benzene rings is 3. The van der Waals surface area contributed by atoms with Gasteiger partial charge in [-0.05, 0) is 61.6 Å². The number of nitrogens with one attached hydrogen (secondary N) is 1. The van der Waals surface area contributed by atoms with Gasteiger partial charge in [-0.25, -0.2) is 14.6 Å². The van der Waals surface area contributed by atoms with Crippen molar-refractivity contribution < 1.29 is 4.79 Å². The Kier molecular flexibility index (Phi) is 6.07. The topological polar surface area (TPSA) is 108 Å². The van der Waals surface area contributed by atoms with Crippen LogP contribution < -0.4 is 16.6 Å². The highest BCUT2D eigenvalue weighted by Crippen LogP contribution is 2.41. The molecule has 1 aliphatic carbocycles. The van der Waals surface area contributed by atoms with Crippen molar-refractivity contribution in [3.8, 4) is 28.2 Å². The van der Waals surface area contributed by atoms with Crippen LogP contribution in [0.4, 0.5) is 11.5 Å². The van der Waals surface area contributed by atoms with Crippen molar-refractivity contribution in [3.05, 3.63) is 112 Å². The second-order valence-electron chi connectivity index (χ2n) is 9.86. The van der Waals surface area contributed by atoms with Crippen LogP contribution in [0.5, 0.6) is 0 Å². The molecule has 194 valence electrons. The summed E-state index contributed by atoms with van der Waals surface area (Å²) in [4.78, 5) is 35.6. The number of amides is 1. The first-order chi connectivity index (χ1) is 18.9. The summed E-state index contributed by atoms with van der Waals surface area (Å²) >= 11 is 0. The highest BCUT2D eigenvalue weighted by molar-refractivity contribution is 6.05. The molecule has 0 spiro atoms. The summed E-state index contributed by atoms with van der Waals surface area (Å²) < 4.78 is 3.17. The average molecular weight is 517 g/mol. The number of hydrogen-bond donors (Lipinski definition) is 2. The van der Waals surface area contributed by atoms with Crippen molar-refractivity contribution in [2.75, 3.05) is 11.1 Å². The van der Waals surface area contributed by atoms with E-state index in [0.717, 1.165) is 16.8 Å². The first kappa shape index (κ1) is 24.4. The van der Waals surface area contributed by atoms with Crippen molar-refractivity contribution in [1.29, 1.82) is 0 Å². The van der Waals surface area contributed by atoms with E-state index in [9.17, 15) is 9.59 Å². The Balaban J connectivity index is 1.25. The molecule has 39 heavy (non-hydrogen) atoms. The molecule has 2 heterocycles. The number of nitrogens with zero attached hydrogens (tertiary/aromatic N) is 4. The maximum absolute atomic E-state index is 13.2. The van der Waals surface area contributed by atoms with Gasteiger partial charge in [-0.1, -0.05) is 48.5 Å². The van der Waals surface area contributed by atoms with E-state index in [-0.39, 0.29) is 11.1 Å². The van der Waals surface area contributed by atoms with E-state index in [4.69, 9.17) is 10.7 Å². The second kappa shape index (κ2) is 9.72. The average Bonchev–Trinajstić information content (AvgIpc) is 3.77. The van der Waals surface area contributed by atoms with Gasteiger partial charge in [0.2, 0.25) is 0 Å². The van der Waals surface area contributed by atoms with Crippen LogP contribution in [-0.4, -0.2) is 25.2 Å². The van der Waals surface area contributed by atoms with Crippen molar-refractivity contribution in [2.45, 2.75) is 25.7 Å². The van der Waals surface area contributed by atoms with Crippen LogP contribution in [0.15, 0.2) is 89.9 Å². The van der Waals surface area contributed by atoms with Crippen molar-refractivity contribution in [1.82, 2.24) is 19.3 Å². The number of carbonyl (C=O) groups excluding carboxylic acids is 1. The zero-order valence-electron chi connectivity index (χ0n) is 21.8. The van der Waals surface area contributed by atoms with Gasteiger partial charge in [0.1, 0.15) is 17.1 Å². The molecule has 8 heteroatoms. The minimum atomic E-state index is -0.465. The van der Waals surface area contributed by atoms with Gasteiger partial charge < -0.3 is 11.1 Å². The molecule has 5 aromatic rings. The van der Waals surface area contributed by atoms with Crippen LogP contribution in [0.2, 0.25) is 0 Å². The largest absolute Gasteiger partial charge is 0.382 e. The number of rotatable bonds is 6. The molecule has 6 rings (SSSR count). The van der Waals surface area contributed by atoms with Gasteiger partial charge in [-0.15, -0.1) is 0 Å². The lowest BCUT2D eigenvalue weighted by atomic mass is 10.0. The van der Waals surface area contributed by atoms with Crippen LogP contribution >= 0.6 is 0 Å². The summed E-state index contributed by atoms with van der Waals surface area (Å²) in [6.45, 7) is 1.76. The molecule has 0 unspecified atom stereocenters. The Hall–Kier alpha value is -4.98. The van der Waals surface area contributed by atoms with Crippen molar-refractivity contribution >= 4 is 17.4 Å².